The molecule has 0 bridgehead atoms. The summed E-state index contributed by atoms with van der Waals surface area (Å²) in [5.74, 6) is 0.0516. The number of nitrogens with zero attached hydrogens (tertiary/aromatic N) is 2. The van der Waals surface area contributed by atoms with Crippen molar-refractivity contribution in [1.29, 1.82) is 0 Å². The maximum atomic E-state index is 13.5. The number of carbonyl (C=O) groups is 3. The van der Waals surface area contributed by atoms with Gasteiger partial charge >= 0.3 is 12.1 Å². The van der Waals surface area contributed by atoms with E-state index in [2.05, 4.69) is 0 Å². The van der Waals surface area contributed by atoms with Crippen LogP contribution in [0.15, 0.2) is 42.5 Å². The van der Waals surface area contributed by atoms with Crippen LogP contribution in [0.2, 0.25) is 0 Å². The minimum Gasteiger partial charge on any atom is -0.497 e. The molecule has 2 amide bonds. The number of ether oxygens (including phenoxy) is 3. The number of amides is 2. The fraction of sp³-hybridized carbons (Fsp3) is 0.483. The van der Waals surface area contributed by atoms with Gasteiger partial charge in [0, 0.05) is 30.6 Å². The summed E-state index contributed by atoms with van der Waals surface area (Å²) >= 11 is 0. The Bertz CT molecular complexity index is 1140. The summed E-state index contributed by atoms with van der Waals surface area (Å²) in [7, 11) is 1.57. The van der Waals surface area contributed by atoms with Crippen LogP contribution in [-0.4, -0.2) is 71.8 Å². The average Bonchev–Trinajstić information content (AvgIpc) is 2.88. The monoisotopic (exact) mass is 526 g/mol. The van der Waals surface area contributed by atoms with E-state index >= 15 is 0 Å². The summed E-state index contributed by atoms with van der Waals surface area (Å²) < 4.78 is 16.7. The van der Waals surface area contributed by atoms with Crippen LogP contribution in [0.3, 0.4) is 0 Å². The minimum absolute atomic E-state index is 0.0214. The van der Waals surface area contributed by atoms with Crippen molar-refractivity contribution in [3.63, 3.8) is 0 Å². The van der Waals surface area contributed by atoms with E-state index < -0.39 is 17.7 Å². The number of methoxy groups -OCH3 is 1. The van der Waals surface area contributed by atoms with E-state index in [0.717, 1.165) is 24.0 Å². The Kier molecular flexibility index (Phi) is 9.61. The number of piperidine rings is 1. The first kappa shape index (κ1) is 28.8. The molecule has 2 aromatic rings. The molecule has 2 aromatic carbocycles. The van der Waals surface area contributed by atoms with Crippen LogP contribution in [0.5, 0.6) is 11.5 Å². The second-order valence-corrected chi connectivity index (χ2v) is 10.4. The lowest BCUT2D eigenvalue weighted by molar-refractivity contribution is -0.133. The van der Waals surface area contributed by atoms with E-state index in [1.165, 1.54) is 4.90 Å². The highest BCUT2D eigenvalue weighted by Crippen LogP contribution is 2.29. The molecule has 0 unspecified atom stereocenters. The first-order chi connectivity index (χ1) is 18.0. The number of carbonyl (C=O) groups excluding carboxylic acids is 2. The molecule has 0 radical (unpaired) electrons. The predicted molar refractivity (Wildman–Crippen MR) is 143 cm³/mol. The molecule has 1 fully saturated rings. The van der Waals surface area contributed by atoms with Gasteiger partial charge in [0.05, 0.1) is 25.8 Å². The standard InChI is InChI=1S/C29H38N2O7/c1-6-37-25-16-24(36-5)13-12-23(25)18-31(28(35)38-29(2,3)4)19-26(32)30-14-8-11-22(17-30)20-9-7-10-21(15-20)27(33)34/h7,9-10,12-13,15-16,22H,6,8,11,14,17-19H2,1-5H3,(H,33,34)/t22-/m0/s1. The molecule has 206 valence electrons. The molecule has 0 aliphatic carbocycles. The van der Waals surface area contributed by atoms with Crippen molar-refractivity contribution in [2.45, 2.75) is 58.6 Å². The Balaban J connectivity index is 1.80. The summed E-state index contributed by atoms with van der Waals surface area (Å²) in [6, 6.07) is 12.2. The van der Waals surface area contributed by atoms with Gasteiger partial charge in [0.2, 0.25) is 5.91 Å². The van der Waals surface area contributed by atoms with Gasteiger partial charge in [-0.05, 0) is 70.4 Å². The van der Waals surface area contributed by atoms with Crippen LogP contribution in [0, 0.1) is 0 Å². The molecule has 0 saturated carbocycles. The molecule has 1 heterocycles. The number of hydrogen-bond donors (Lipinski definition) is 1. The fourth-order valence-corrected chi connectivity index (χ4v) is 4.46. The number of hydrogen-bond acceptors (Lipinski definition) is 6. The van der Waals surface area contributed by atoms with Gasteiger partial charge in [-0.15, -0.1) is 0 Å². The summed E-state index contributed by atoms with van der Waals surface area (Å²) in [6.45, 7) is 8.65. The van der Waals surface area contributed by atoms with Crippen molar-refractivity contribution >= 4 is 18.0 Å². The number of rotatable bonds is 9. The lowest BCUT2D eigenvalue weighted by Crippen LogP contribution is -2.47. The molecule has 9 heteroatoms. The Morgan fingerprint density at radius 2 is 1.89 bits per heavy atom. The van der Waals surface area contributed by atoms with E-state index in [-0.39, 0.29) is 30.5 Å². The molecular weight excluding hydrogens is 488 g/mol. The Morgan fingerprint density at radius 3 is 2.55 bits per heavy atom. The second-order valence-electron chi connectivity index (χ2n) is 10.4. The van der Waals surface area contributed by atoms with Crippen molar-refractivity contribution in [3.05, 3.63) is 59.2 Å². The second kappa shape index (κ2) is 12.7. The van der Waals surface area contributed by atoms with Crippen LogP contribution >= 0.6 is 0 Å². The Labute approximate surface area is 224 Å². The zero-order valence-electron chi connectivity index (χ0n) is 22.9. The van der Waals surface area contributed by atoms with E-state index in [4.69, 9.17) is 14.2 Å². The quantitative estimate of drug-likeness (QED) is 0.494. The fourth-order valence-electron chi connectivity index (χ4n) is 4.46. The van der Waals surface area contributed by atoms with Crippen LogP contribution < -0.4 is 9.47 Å². The van der Waals surface area contributed by atoms with Gasteiger partial charge in [0.15, 0.2) is 0 Å². The summed E-state index contributed by atoms with van der Waals surface area (Å²) in [5.41, 5.74) is 1.12. The zero-order valence-corrected chi connectivity index (χ0v) is 22.9. The van der Waals surface area contributed by atoms with Gasteiger partial charge < -0.3 is 24.2 Å². The molecule has 3 rings (SSSR count). The van der Waals surface area contributed by atoms with Crippen molar-refractivity contribution in [1.82, 2.24) is 9.80 Å². The van der Waals surface area contributed by atoms with Gasteiger partial charge in [0.25, 0.3) is 0 Å². The highest BCUT2D eigenvalue weighted by atomic mass is 16.6. The molecule has 9 nitrogen and oxygen atoms in total. The van der Waals surface area contributed by atoms with Gasteiger partial charge in [0.1, 0.15) is 23.6 Å². The van der Waals surface area contributed by atoms with Crippen LogP contribution in [0.1, 0.15) is 67.9 Å². The number of aromatic carboxylic acids is 1. The molecule has 1 aliphatic heterocycles. The number of benzene rings is 2. The third kappa shape index (κ3) is 7.87. The lowest BCUT2D eigenvalue weighted by atomic mass is 9.89. The minimum atomic E-state index is -0.978. The molecule has 0 aromatic heterocycles. The number of carboxylic acid groups (broad SMARTS) is 1. The highest BCUT2D eigenvalue weighted by molar-refractivity contribution is 5.87. The largest absolute Gasteiger partial charge is 0.497 e. The zero-order chi connectivity index (χ0) is 27.9. The molecule has 1 N–H and O–H groups in total. The topological polar surface area (TPSA) is 106 Å². The van der Waals surface area contributed by atoms with Crippen molar-refractivity contribution in [2.24, 2.45) is 0 Å². The van der Waals surface area contributed by atoms with E-state index in [1.807, 2.05) is 19.1 Å². The molecule has 1 atom stereocenters. The van der Waals surface area contributed by atoms with Crippen LogP contribution in [-0.2, 0) is 16.1 Å². The first-order valence-corrected chi connectivity index (χ1v) is 12.9. The summed E-state index contributed by atoms with van der Waals surface area (Å²) in [5, 5.41) is 9.35. The normalized spacial score (nSPS) is 15.5. The number of likely N-dealkylation sites (tertiary alicyclic amines) is 1. The van der Waals surface area contributed by atoms with Crippen molar-refractivity contribution < 1.29 is 33.7 Å². The third-order valence-corrected chi connectivity index (χ3v) is 6.29. The summed E-state index contributed by atoms with van der Waals surface area (Å²) in [4.78, 5) is 41.2. The highest BCUT2D eigenvalue weighted by Gasteiger charge is 2.30. The first-order valence-electron chi connectivity index (χ1n) is 12.9. The SMILES string of the molecule is CCOc1cc(OC)ccc1CN(CC(=O)N1CCC[C@H](c2cccc(C(=O)O)c2)C1)C(=O)OC(C)(C)C. The van der Waals surface area contributed by atoms with Gasteiger partial charge in [-0.2, -0.15) is 0 Å². The van der Waals surface area contributed by atoms with Crippen LogP contribution in [0.4, 0.5) is 4.79 Å². The van der Waals surface area contributed by atoms with Gasteiger partial charge in [-0.25, -0.2) is 9.59 Å². The van der Waals surface area contributed by atoms with Crippen LogP contribution in [0.25, 0.3) is 0 Å². The predicted octanol–water partition coefficient (Wildman–Crippen LogP) is 4.94. The van der Waals surface area contributed by atoms with Gasteiger partial charge in [-0.1, -0.05) is 12.1 Å². The number of carboxylic acids is 1. The Morgan fingerprint density at radius 1 is 1.13 bits per heavy atom. The molecule has 1 saturated heterocycles. The van der Waals surface area contributed by atoms with Gasteiger partial charge in [-0.3, -0.25) is 9.69 Å². The molecule has 0 spiro atoms. The Hall–Kier alpha value is -3.75. The molecule has 1 aliphatic rings. The van der Waals surface area contributed by atoms with E-state index in [1.54, 1.807) is 63.1 Å². The average molecular weight is 527 g/mol. The van der Waals surface area contributed by atoms with Crippen molar-refractivity contribution in [2.75, 3.05) is 33.4 Å². The molecular formula is C29H38N2O7. The van der Waals surface area contributed by atoms with E-state index in [9.17, 15) is 19.5 Å². The summed E-state index contributed by atoms with van der Waals surface area (Å²) in [6.07, 6.45) is 1.05. The van der Waals surface area contributed by atoms with Crippen molar-refractivity contribution in [3.8, 4) is 11.5 Å². The maximum absolute atomic E-state index is 13.5. The smallest absolute Gasteiger partial charge is 0.411 e. The third-order valence-electron chi connectivity index (χ3n) is 6.29. The maximum Gasteiger partial charge on any atom is 0.411 e. The molecule has 38 heavy (non-hydrogen) atoms. The lowest BCUT2D eigenvalue weighted by Gasteiger charge is -2.35. The van der Waals surface area contributed by atoms with E-state index in [0.29, 0.717) is 31.2 Å².